The number of anilines is 1. The lowest BCUT2D eigenvalue weighted by Crippen LogP contribution is -2.35. The Labute approximate surface area is 204 Å². The summed E-state index contributed by atoms with van der Waals surface area (Å²) in [5, 5.41) is 3.27. The number of aromatic nitrogens is 2. The van der Waals surface area contributed by atoms with Gasteiger partial charge in [0.05, 0.1) is 49.5 Å². The summed E-state index contributed by atoms with van der Waals surface area (Å²) in [6, 6.07) is 8.84. The van der Waals surface area contributed by atoms with Crippen LogP contribution in [0.1, 0.15) is 36.5 Å². The molecule has 1 aliphatic rings. The average molecular weight is 487 g/mol. The number of amides is 1. The Morgan fingerprint density at radius 1 is 1.26 bits per heavy atom. The molecule has 9 heteroatoms. The predicted molar refractivity (Wildman–Crippen MR) is 133 cm³/mol. The summed E-state index contributed by atoms with van der Waals surface area (Å²) in [6.45, 7) is 8.80. The second-order valence-corrected chi connectivity index (χ2v) is 9.19. The number of aromatic amines is 1. The summed E-state index contributed by atoms with van der Waals surface area (Å²) in [5.41, 5.74) is 2.77. The van der Waals surface area contributed by atoms with Gasteiger partial charge in [-0.15, -0.1) is 0 Å². The highest BCUT2D eigenvalue weighted by Gasteiger charge is 2.17. The van der Waals surface area contributed by atoms with E-state index in [0.29, 0.717) is 40.3 Å². The molecule has 182 valence electrons. The van der Waals surface area contributed by atoms with Crippen LogP contribution in [0.4, 0.5) is 5.69 Å². The van der Waals surface area contributed by atoms with Crippen LogP contribution in [0.25, 0.3) is 11.0 Å². The van der Waals surface area contributed by atoms with Crippen LogP contribution < -0.4 is 14.8 Å². The molecule has 1 fully saturated rings. The molecule has 34 heavy (non-hydrogen) atoms. The molecule has 0 atom stereocenters. The van der Waals surface area contributed by atoms with Gasteiger partial charge >= 0.3 is 0 Å². The standard InChI is InChI=1S/C25H31ClN4O4/c1-16(2)6-9-34-24-19(26)12-17(13-22(24)32-3)25(31)27-18-4-5-20-21(14-18)29-23(28-20)15-30-7-10-33-11-8-30/h4-5,12-14,16H,6-11,15H2,1-3H3,(H,27,31)(H,28,29). The third-order valence-corrected chi connectivity index (χ3v) is 5.98. The van der Waals surface area contributed by atoms with E-state index in [1.54, 1.807) is 12.1 Å². The van der Waals surface area contributed by atoms with E-state index < -0.39 is 0 Å². The van der Waals surface area contributed by atoms with Gasteiger partial charge in [-0.25, -0.2) is 4.98 Å². The molecule has 1 saturated heterocycles. The van der Waals surface area contributed by atoms with Crippen LogP contribution in [0.2, 0.25) is 5.02 Å². The molecule has 2 heterocycles. The number of carbonyl (C=O) groups is 1. The number of halogens is 1. The Bertz CT molecular complexity index is 1140. The number of morpholine rings is 1. The van der Waals surface area contributed by atoms with Crippen molar-refractivity contribution in [2.45, 2.75) is 26.8 Å². The van der Waals surface area contributed by atoms with Gasteiger partial charge in [0.1, 0.15) is 5.82 Å². The minimum Gasteiger partial charge on any atom is -0.493 e. The molecule has 0 spiro atoms. The molecule has 0 aliphatic carbocycles. The van der Waals surface area contributed by atoms with Crippen LogP contribution in [0.15, 0.2) is 30.3 Å². The number of imidazole rings is 1. The molecule has 3 aromatic rings. The van der Waals surface area contributed by atoms with Crippen LogP contribution in [0.5, 0.6) is 11.5 Å². The van der Waals surface area contributed by atoms with Gasteiger partial charge in [-0.2, -0.15) is 0 Å². The van der Waals surface area contributed by atoms with Gasteiger partial charge in [0.2, 0.25) is 0 Å². The first-order chi connectivity index (χ1) is 16.4. The number of nitrogens with zero attached hydrogens (tertiary/aromatic N) is 2. The molecule has 8 nitrogen and oxygen atoms in total. The van der Waals surface area contributed by atoms with Crippen molar-refractivity contribution in [1.29, 1.82) is 0 Å². The highest BCUT2D eigenvalue weighted by molar-refractivity contribution is 6.32. The molecule has 4 rings (SSSR count). The largest absolute Gasteiger partial charge is 0.493 e. The number of H-pyrrole nitrogens is 1. The minimum atomic E-state index is -0.290. The Kier molecular flexibility index (Phi) is 7.92. The molecular formula is C25H31ClN4O4. The lowest BCUT2D eigenvalue weighted by atomic mass is 10.1. The summed E-state index contributed by atoms with van der Waals surface area (Å²) in [5.74, 6) is 2.00. The molecule has 0 saturated carbocycles. The lowest BCUT2D eigenvalue weighted by Gasteiger charge is -2.25. The normalized spacial score (nSPS) is 14.5. The van der Waals surface area contributed by atoms with Gasteiger partial charge in [0.15, 0.2) is 11.5 Å². The van der Waals surface area contributed by atoms with E-state index in [2.05, 4.69) is 34.0 Å². The van der Waals surface area contributed by atoms with Gasteiger partial charge in [0, 0.05) is 24.3 Å². The number of hydrogen-bond donors (Lipinski definition) is 2. The van der Waals surface area contributed by atoms with Crippen molar-refractivity contribution in [2.75, 3.05) is 45.3 Å². The summed E-state index contributed by atoms with van der Waals surface area (Å²) in [7, 11) is 1.53. The van der Waals surface area contributed by atoms with E-state index in [1.807, 2.05) is 18.2 Å². The van der Waals surface area contributed by atoms with Crippen LogP contribution >= 0.6 is 11.6 Å². The maximum atomic E-state index is 12.9. The van der Waals surface area contributed by atoms with Crippen molar-refractivity contribution in [3.8, 4) is 11.5 Å². The number of fused-ring (bicyclic) bond motifs is 1. The summed E-state index contributed by atoms with van der Waals surface area (Å²) in [6.07, 6.45) is 0.895. The van der Waals surface area contributed by atoms with E-state index in [9.17, 15) is 4.79 Å². The third kappa shape index (κ3) is 6.00. The summed E-state index contributed by atoms with van der Waals surface area (Å²) < 4.78 is 16.7. The second-order valence-electron chi connectivity index (χ2n) is 8.78. The van der Waals surface area contributed by atoms with E-state index >= 15 is 0 Å². The molecule has 1 aromatic heterocycles. The average Bonchev–Trinajstić information content (AvgIpc) is 3.21. The van der Waals surface area contributed by atoms with Gasteiger partial charge < -0.3 is 24.5 Å². The maximum absolute atomic E-state index is 12.9. The molecule has 1 amide bonds. The van der Waals surface area contributed by atoms with E-state index in [1.165, 1.54) is 7.11 Å². The fourth-order valence-electron chi connectivity index (χ4n) is 3.78. The fraction of sp³-hybridized carbons (Fsp3) is 0.440. The number of rotatable bonds is 9. The molecule has 2 aromatic carbocycles. The summed E-state index contributed by atoms with van der Waals surface area (Å²) in [4.78, 5) is 23.3. The van der Waals surface area contributed by atoms with Crippen molar-refractivity contribution in [3.63, 3.8) is 0 Å². The predicted octanol–water partition coefficient (Wildman–Crippen LogP) is 4.73. The van der Waals surface area contributed by atoms with Crippen LogP contribution in [0.3, 0.4) is 0 Å². The minimum absolute atomic E-state index is 0.290. The summed E-state index contributed by atoms with van der Waals surface area (Å²) >= 11 is 6.43. The van der Waals surface area contributed by atoms with E-state index in [-0.39, 0.29) is 5.91 Å². The fourth-order valence-corrected chi connectivity index (χ4v) is 4.04. The van der Waals surface area contributed by atoms with Gasteiger partial charge in [-0.05, 0) is 42.7 Å². The number of nitrogens with one attached hydrogen (secondary N) is 2. The molecule has 1 aliphatic heterocycles. The highest BCUT2D eigenvalue weighted by Crippen LogP contribution is 2.37. The van der Waals surface area contributed by atoms with Gasteiger partial charge in [-0.1, -0.05) is 25.4 Å². The zero-order chi connectivity index (χ0) is 24.1. The lowest BCUT2D eigenvalue weighted by molar-refractivity contribution is 0.0332. The van der Waals surface area contributed by atoms with Crippen molar-refractivity contribution in [1.82, 2.24) is 14.9 Å². The van der Waals surface area contributed by atoms with Crippen molar-refractivity contribution < 1.29 is 19.0 Å². The Morgan fingerprint density at radius 3 is 2.79 bits per heavy atom. The third-order valence-electron chi connectivity index (χ3n) is 5.70. The number of methoxy groups -OCH3 is 1. The SMILES string of the molecule is COc1cc(C(=O)Nc2ccc3nc(CN4CCOCC4)[nH]c3c2)cc(Cl)c1OCCC(C)C. The number of benzene rings is 2. The molecule has 2 N–H and O–H groups in total. The van der Waals surface area contributed by atoms with Gasteiger partial charge in [-0.3, -0.25) is 9.69 Å². The molecule has 0 radical (unpaired) electrons. The zero-order valence-electron chi connectivity index (χ0n) is 19.8. The molecule has 0 unspecified atom stereocenters. The first-order valence-corrected chi connectivity index (χ1v) is 11.9. The number of ether oxygens (including phenoxy) is 3. The molecule has 0 bridgehead atoms. The van der Waals surface area contributed by atoms with Crippen LogP contribution in [-0.2, 0) is 11.3 Å². The van der Waals surface area contributed by atoms with Crippen molar-refractivity contribution >= 4 is 34.2 Å². The zero-order valence-corrected chi connectivity index (χ0v) is 20.6. The maximum Gasteiger partial charge on any atom is 0.255 e. The Morgan fingerprint density at radius 2 is 2.06 bits per heavy atom. The smallest absolute Gasteiger partial charge is 0.255 e. The topological polar surface area (TPSA) is 88.7 Å². The Balaban J connectivity index is 1.46. The first kappa shape index (κ1) is 24.3. The van der Waals surface area contributed by atoms with Crippen molar-refractivity contribution in [3.05, 3.63) is 46.7 Å². The van der Waals surface area contributed by atoms with E-state index in [4.69, 9.17) is 25.8 Å². The monoisotopic (exact) mass is 486 g/mol. The molecular weight excluding hydrogens is 456 g/mol. The number of carbonyl (C=O) groups excluding carboxylic acids is 1. The first-order valence-electron chi connectivity index (χ1n) is 11.5. The van der Waals surface area contributed by atoms with Crippen molar-refractivity contribution in [2.24, 2.45) is 5.92 Å². The highest BCUT2D eigenvalue weighted by atomic mass is 35.5. The second kappa shape index (κ2) is 11.1. The number of hydrogen-bond acceptors (Lipinski definition) is 6. The van der Waals surface area contributed by atoms with E-state index in [0.717, 1.165) is 56.1 Å². The Hall–Kier alpha value is -2.81. The van der Waals surface area contributed by atoms with Gasteiger partial charge in [0.25, 0.3) is 5.91 Å². The van der Waals surface area contributed by atoms with Crippen LogP contribution in [-0.4, -0.2) is 60.8 Å². The quantitative estimate of drug-likeness (QED) is 0.454. The van der Waals surface area contributed by atoms with Crippen LogP contribution in [0, 0.1) is 5.92 Å².